The standard InChI is InChI=1S/C14H18N2O2/c1-7-18-14-10(1)9-12-11(2-8-17-12)13(14)16-5-3-15-4-6-16/h9,15H,1-8H2. The van der Waals surface area contributed by atoms with E-state index in [4.69, 9.17) is 9.47 Å². The second-order valence-electron chi connectivity index (χ2n) is 5.12. The Morgan fingerprint density at radius 2 is 1.89 bits per heavy atom. The van der Waals surface area contributed by atoms with E-state index in [0.717, 1.165) is 63.7 Å². The first-order chi connectivity index (χ1) is 8.93. The number of hydrogen-bond acceptors (Lipinski definition) is 4. The summed E-state index contributed by atoms with van der Waals surface area (Å²) in [6, 6.07) is 2.19. The van der Waals surface area contributed by atoms with Gasteiger partial charge in [-0.25, -0.2) is 0 Å². The van der Waals surface area contributed by atoms with Gasteiger partial charge in [-0.3, -0.25) is 0 Å². The van der Waals surface area contributed by atoms with Crippen molar-refractivity contribution >= 4 is 5.69 Å². The van der Waals surface area contributed by atoms with Crippen LogP contribution in [0.4, 0.5) is 5.69 Å². The van der Waals surface area contributed by atoms with Crippen LogP contribution >= 0.6 is 0 Å². The summed E-state index contributed by atoms with van der Waals surface area (Å²) >= 11 is 0. The lowest BCUT2D eigenvalue weighted by Crippen LogP contribution is -2.44. The molecule has 0 atom stereocenters. The van der Waals surface area contributed by atoms with E-state index in [0.29, 0.717) is 0 Å². The molecule has 0 bridgehead atoms. The third kappa shape index (κ3) is 1.48. The number of fused-ring (bicyclic) bond motifs is 2. The molecule has 0 aliphatic carbocycles. The number of nitrogens with one attached hydrogen (secondary N) is 1. The maximum Gasteiger partial charge on any atom is 0.146 e. The fraction of sp³-hybridized carbons (Fsp3) is 0.571. The Balaban J connectivity index is 1.84. The maximum absolute atomic E-state index is 5.89. The molecule has 4 heteroatoms. The van der Waals surface area contributed by atoms with Gasteiger partial charge < -0.3 is 19.7 Å². The van der Waals surface area contributed by atoms with Crippen molar-refractivity contribution in [2.75, 3.05) is 44.3 Å². The van der Waals surface area contributed by atoms with E-state index in [1.807, 2.05) is 0 Å². The molecule has 96 valence electrons. The summed E-state index contributed by atoms with van der Waals surface area (Å²) in [5.74, 6) is 2.22. The van der Waals surface area contributed by atoms with Crippen molar-refractivity contribution in [3.63, 3.8) is 0 Å². The monoisotopic (exact) mass is 246 g/mol. The number of rotatable bonds is 1. The first-order valence-electron chi connectivity index (χ1n) is 6.83. The average molecular weight is 246 g/mol. The first-order valence-corrected chi connectivity index (χ1v) is 6.83. The van der Waals surface area contributed by atoms with Crippen LogP contribution in [0, 0.1) is 0 Å². The third-order valence-electron chi connectivity index (χ3n) is 4.06. The lowest BCUT2D eigenvalue weighted by molar-refractivity contribution is 0.355. The zero-order valence-electron chi connectivity index (χ0n) is 10.5. The molecular formula is C14H18N2O2. The molecule has 1 saturated heterocycles. The van der Waals surface area contributed by atoms with Crippen LogP contribution in [-0.2, 0) is 12.8 Å². The Kier molecular flexibility index (Phi) is 2.36. The lowest BCUT2D eigenvalue weighted by Gasteiger charge is -2.32. The van der Waals surface area contributed by atoms with Crippen LogP contribution < -0.4 is 19.7 Å². The molecule has 18 heavy (non-hydrogen) atoms. The molecule has 3 aliphatic heterocycles. The molecule has 1 aromatic rings. The van der Waals surface area contributed by atoms with E-state index in [1.165, 1.54) is 16.8 Å². The van der Waals surface area contributed by atoms with Crippen LogP contribution in [0.2, 0.25) is 0 Å². The number of anilines is 1. The van der Waals surface area contributed by atoms with Crippen molar-refractivity contribution in [3.05, 3.63) is 17.2 Å². The van der Waals surface area contributed by atoms with Gasteiger partial charge in [-0.05, 0) is 6.07 Å². The van der Waals surface area contributed by atoms with E-state index in [1.54, 1.807) is 0 Å². The molecule has 1 aromatic carbocycles. The number of piperazine rings is 1. The highest BCUT2D eigenvalue weighted by atomic mass is 16.5. The van der Waals surface area contributed by atoms with E-state index in [-0.39, 0.29) is 0 Å². The van der Waals surface area contributed by atoms with Gasteiger partial charge in [0.05, 0.1) is 18.9 Å². The van der Waals surface area contributed by atoms with Gasteiger partial charge >= 0.3 is 0 Å². The minimum atomic E-state index is 0.817. The topological polar surface area (TPSA) is 33.7 Å². The van der Waals surface area contributed by atoms with Gasteiger partial charge in [0, 0.05) is 50.1 Å². The second kappa shape index (κ2) is 4.05. The third-order valence-corrected chi connectivity index (χ3v) is 4.06. The second-order valence-corrected chi connectivity index (χ2v) is 5.12. The molecule has 0 saturated carbocycles. The largest absolute Gasteiger partial charge is 0.493 e. The molecule has 0 unspecified atom stereocenters. The summed E-state index contributed by atoms with van der Waals surface area (Å²) in [4.78, 5) is 2.47. The number of nitrogens with zero attached hydrogens (tertiary/aromatic N) is 1. The van der Waals surface area contributed by atoms with Gasteiger partial charge in [0.1, 0.15) is 11.5 Å². The Morgan fingerprint density at radius 1 is 1.06 bits per heavy atom. The van der Waals surface area contributed by atoms with Crippen LogP contribution in [0.25, 0.3) is 0 Å². The number of hydrogen-bond donors (Lipinski definition) is 1. The quantitative estimate of drug-likeness (QED) is 0.800. The normalized spacial score (nSPS) is 21.2. The summed E-state index contributed by atoms with van der Waals surface area (Å²) in [5.41, 5.74) is 4.00. The van der Waals surface area contributed by atoms with Crippen molar-refractivity contribution in [2.45, 2.75) is 12.8 Å². The Bertz CT molecular complexity index is 449. The summed E-state index contributed by atoms with van der Waals surface area (Å²) in [5, 5.41) is 3.41. The van der Waals surface area contributed by atoms with Crippen LogP contribution in [-0.4, -0.2) is 39.4 Å². The zero-order chi connectivity index (χ0) is 11.9. The predicted molar refractivity (Wildman–Crippen MR) is 69.9 cm³/mol. The smallest absolute Gasteiger partial charge is 0.146 e. The highest BCUT2D eigenvalue weighted by Crippen LogP contribution is 2.46. The molecular weight excluding hydrogens is 228 g/mol. The molecule has 0 amide bonds. The lowest BCUT2D eigenvalue weighted by atomic mass is 10.0. The first kappa shape index (κ1) is 10.5. The van der Waals surface area contributed by atoms with Gasteiger partial charge in [0.25, 0.3) is 0 Å². The molecule has 1 fully saturated rings. The van der Waals surface area contributed by atoms with Crippen LogP contribution in [0.15, 0.2) is 6.07 Å². The van der Waals surface area contributed by atoms with Gasteiger partial charge in [-0.2, -0.15) is 0 Å². The summed E-state index contributed by atoms with van der Waals surface area (Å²) in [6.45, 7) is 5.87. The van der Waals surface area contributed by atoms with Gasteiger partial charge in [0.2, 0.25) is 0 Å². The summed E-state index contributed by atoms with van der Waals surface area (Å²) in [7, 11) is 0. The molecule has 3 heterocycles. The van der Waals surface area contributed by atoms with Crippen LogP contribution in [0.3, 0.4) is 0 Å². The van der Waals surface area contributed by atoms with E-state index >= 15 is 0 Å². The minimum Gasteiger partial charge on any atom is -0.493 e. The molecule has 4 rings (SSSR count). The molecule has 1 N–H and O–H groups in total. The van der Waals surface area contributed by atoms with Gasteiger partial charge in [0.15, 0.2) is 0 Å². The van der Waals surface area contributed by atoms with Crippen LogP contribution in [0.5, 0.6) is 11.5 Å². The maximum atomic E-state index is 5.89. The highest BCUT2D eigenvalue weighted by Gasteiger charge is 2.29. The predicted octanol–water partition coefficient (Wildman–Crippen LogP) is 0.966. The highest BCUT2D eigenvalue weighted by molar-refractivity contribution is 5.73. The molecule has 4 nitrogen and oxygen atoms in total. The van der Waals surface area contributed by atoms with E-state index in [2.05, 4.69) is 16.3 Å². The fourth-order valence-corrected chi connectivity index (χ4v) is 3.18. The van der Waals surface area contributed by atoms with Gasteiger partial charge in [-0.15, -0.1) is 0 Å². The molecule has 0 aromatic heterocycles. The van der Waals surface area contributed by atoms with Crippen molar-refractivity contribution in [2.24, 2.45) is 0 Å². The SMILES string of the molecule is c1c2c(c(N3CCNCC3)c3c1OCC3)OCC2. The molecule has 3 aliphatic rings. The number of benzene rings is 1. The Morgan fingerprint density at radius 3 is 2.78 bits per heavy atom. The van der Waals surface area contributed by atoms with Crippen molar-refractivity contribution < 1.29 is 9.47 Å². The fourth-order valence-electron chi connectivity index (χ4n) is 3.18. The van der Waals surface area contributed by atoms with Crippen molar-refractivity contribution in [1.82, 2.24) is 5.32 Å². The Labute approximate surface area is 107 Å². The average Bonchev–Trinajstić information content (AvgIpc) is 3.04. The van der Waals surface area contributed by atoms with Crippen molar-refractivity contribution in [1.29, 1.82) is 0 Å². The van der Waals surface area contributed by atoms with Crippen molar-refractivity contribution in [3.8, 4) is 11.5 Å². The minimum absolute atomic E-state index is 0.817. The zero-order valence-corrected chi connectivity index (χ0v) is 10.5. The molecule has 0 radical (unpaired) electrons. The molecule has 0 spiro atoms. The van der Waals surface area contributed by atoms with E-state index in [9.17, 15) is 0 Å². The van der Waals surface area contributed by atoms with Crippen LogP contribution in [0.1, 0.15) is 11.1 Å². The van der Waals surface area contributed by atoms with Gasteiger partial charge in [-0.1, -0.05) is 0 Å². The van der Waals surface area contributed by atoms with E-state index < -0.39 is 0 Å². The number of ether oxygens (including phenoxy) is 2. The summed E-state index contributed by atoms with van der Waals surface area (Å²) < 4.78 is 11.6. The summed E-state index contributed by atoms with van der Waals surface area (Å²) in [6.07, 6.45) is 2.04. The Hall–Kier alpha value is -1.42.